The minimum Gasteiger partial charge on any atom is -0.483 e. The molecule has 0 radical (unpaired) electrons. The van der Waals surface area contributed by atoms with Crippen molar-refractivity contribution in [3.8, 4) is 5.06 Å². The van der Waals surface area contributed by atoms with Crippen LogP contribution in [0.3, 0.4) is 0 Å². The van der Waals surface area contributed by atoms with E-state index in [4.69, 9.17) is 4.74 Å². The fourth-order valence-electron chi connectivity index (χ4n) is 1.53. The first-order chi connectivity index (χ1) is 8.06. The summed E-state index contributed by atoms with van der Waals surface area (Å²) in [5.74, 6) is 0.0679. The molecule has 0 aromatic carbocycles. The van der Waals surface area contributed by atoms with Crippen LogP contribution >= 0.6 is 11.3 Å². The number of hydrogen-bond acceptors (Lipinski definition) is 5. The summed E-state index contributed by atoms with van der Waals surface area (Å²) in [4.78, 5) is 15.6. The number of ether oxygens (including phenoxy) is 2. The van der Waals surface area contributed by atoms with E-state index in [-0.39, 0.29) is 11.9 Å². The van der Waals surface area contributed by atoms with Crippen molar-refractivity contribution in [3.63, 3.8) is 0 Å². The third kappa shape index (κ3) is 4.34. The highest BCUT2D eigenvalue weighted by Crippen LogP contribution is 2.28. The molecule has 0 saturated heterocycles. The molecular formula is C12H19NO3S. The molecule has 1 unspecified atom stereocenters. The lowest BCUT2D eigenvalue weighted by Crippen LogP contribution is -2.09. The van der Waals surface area contributed by atoms with Gasteiger partial charge in [-0.05, 0) is 19.8 Å². The van der Waals surface area contributed by atoms with E-state index >= 15 is 0 Å². The molecular weight excluding hydrogens is 238 g/mol. The van der Waals surface area contributed by atoms with Crippen LogP contribution in [0.2, 0.25) is 0 Å². The van der Waals surface area contributed by atoms with Gasteiger partial charge in [-0.2, -0.15) is 0 Å². The lowest BCUT2D eigenvalue weighted by molar-refractivity contribution is -0.141. The fraction of sp³-hybridized carbons (Fsp3) is 0.667. The molecule has 1 aromatic rings. The van der Waals surface area contributed by atoms with Gasteiger partial charge in [0, 0.05) is 12.8 Å². The van der Waals surface area contributed by atoms with Gasteiger partial charge < -0.3 is 9.47 Å². The smallest absolute Gasteiger partial charge is 0.305 e. The summed E-state index contributed by atoms with van der Waals surface area (Å²) in [6.07, 6.45) is 1.22. The first-order valence-corrected chi connectivity index (χ1v) is 6.54. The zero-order valence-corrected chi connectivity index (χ0v) is 11.6. The summed E-state index contributed by atoms with van der Waals surface area (Å²) in [7, 11) is 1.41. The number of esters is 1. The van der Waals surface area contributed by atoms with Crippen LogP contribution in [0.5, 0.6) is 5.06 Å². The standard InChI is InChI=1S/C12H19NO3S/c1-5-16-12-9(3)13-10(17-12)6-8(2)7-11(14)15-4/h8H,5-7H2,1-4H3. The quantitative estimate of drug-likeness (QED) is 0.735. The SMILES string of the molecule is CCOc1sc(CC(C)CC(=O)OC)nc1C. The zero-order valence-electron chi connectivity index (χ0n) is 10.8. The van der Waals surface area contributed by atoms with Gasteiger partial charge in [0.05, 0.1) is 24.4 Å². The highest BCUT2D eigenvalue weighted by molar-refractivity contribution is 7.13. The molecule has 1 heterocycles. The largest absolute Gasteiger partial charge is 0.483 e. The number of methoxy groups -OCH3 is 1. The van der Waals surface area contributed by atoms with Crippen molar-refractivity contribution in [2.45, 2.75) is 33.6 Å². The molecule has 0 saturated carbocycles. The number of carbonyl (C=O) groups is 1. The van der Waals surface area contributed by atoms with Crippen molar-refractivity contribution in [2.24, 2.45) is 5.92 Å². The van der Waals surface area contributed by atoms with Crippen LogP contribution in [0, 0.1) is 12.8 Å². The van der Waals surface area contributed by atoms with Gasteiger partial charge in [-0.1, -0.05) is 18.3 Å². The lowest BCUT2D eigenvalue weighted by Gasteiger charge is -2.06. The Kier molecular flexibility index (Phi) is 5.41. The molecule has 17 heavy (non-hydrogen) atoms. The molecule has 0 aliphatic carbocycles. The van der Waals surface area contributed by atoms with Gasteiger partial charge >= 0.3 is 5.97 Å². The molecule has 0 aliphatic rings. The molecule has 0 bridgehead atoms. The second-order valence-electron chi connectivity index (χ2n) is 4.00. The van der Waals surface area contributed by atoms with Crippen molar-refractivity contribution in [1.82, 2.24) is 4.98 Å². The summed E-state index contributed by atoms with van der Waals surface area (Å²) in [5, 5.41) is 1.90. The molecule has 0 amide bonds. The van der Waals surface area contributed by atoms with E-state index in [1.165, 1.54) is 7.11 Å². The maximum absolute atomic E-state index is 11.1. The molecule has 0 aliphatic heterocycles. The van der Waals surface area contributed by atoms with Crippen LogP contribution < -0.4 is 4.74 Å². The second-order valence-corrected chi connectivity index (χ2v) is 5.05. The van der Waals surface area contributed by atoms with Gasteiger partial charge in [-0.25, -0.2) is 4.98 Å². The minimum atomic E-state index is -0.171. The van der Waals surface area contributed by atoms with Crippen LogP contribution in [0.4, 0.5) is 0 Å². The number of aromatic nitrogens is 1. The van der Waals surface area contributed by atoms with Crippen LogP contribution in [-0.4, -0.2) is 24.7 Å². The molecule has 5 heteroatoms. The average Bonchev–Trinajstić information content (AvgIpc) is 2.59. The van der Waals surface area contributed by atoms with Gasteiger partial charge in [0.15, 0.2) is 5.06 Å². The summed E-state index contributed by atoms with van der Waals surface area (Å²) >= 11 is 1.56. The third-order valence-corrected chi connectivity index (χ3v) is 3.43. The number of hydrogen-bond donors (Lipinski definition) is 0. The highest BCUT2D eigenvalue weighted by atomic mass is 32.1. The fourth-order valence-corrected chi connectivity index (χ4v) is 2.66. The topological polar surface area (TPSA) is 48.4 Å². The van der Waals surface area contributed by atoms with Crippen LogP contribution in [0.1, 0.15) is 31.0 Å². The Morgan fingerprint density at radius 2 is 2.24 bits per heavy atom. The molecule has 4 nitrogen and oxygen atoms in total. The monoisotopic (exact) mass is 257 g/mol. The summed E-state index contributed by atoms with van der Waals surface area (Å²) < 4.78 is 10.1. The number of carbonyl (C=O) groups excluding carboxylic acids is 1. The van der Waals surface area contributed by atoms with Gasteiger partial charge in [0.1, 0.15) is 0 Å². The first kappa shape index (κ1) is 14.0. The summed E-state index contributed by atoms with van der Waals surface area (Å²) in [5.41, 5.74) is 0.928. The third-order valence-electron chi connectivity index (χ3n) is 2.34. The van der Waals surface area contributed by atoms with E-state index in [1.807, 2.05) is 20.8 Å². The van der Waals surface area contributed by atoms with E-state index in [0.29, 0.717) is 13.0 Å². The molecule has 0 N–H and O–H groups in total. The molecule has 0 fully saturated rings. The van der Waals surface area contributed by atoms with Gasteiger partial charge in [-0.15, -0.1) is 0 Å². The first-order valence-electron chi connectivity index (χ1n) is 5.72. The predicted octanol–water partition coefficient (Wildman–Crippen LogP) is 2.59. The van der Waals surface area contributed by atoms with Crippen molar-refractivity contribution in [1.29, 1.82) is 0 Å². The maximum Gasteiger partial charge on any atom is 0.305 e. The second kappa shape index (κ2) is 6.59. The molecule has 1 aromatic heterocycles. The van der Waals surface area contributed by atoms with Crippen molar-refractivity contribution < 1.29 is 14.3 Å². The van der Waals surface area contributed by atoms with E-state index in [2.05, 4.69) is 9.72 Å². The van der Waals surface area contributed by atoms with E-state index in [9.17, 15) is 4.79 Å². The van der Waals surface area contributed by atoms with E-state index < -0.39 is 0 Å². The van der Waals surface area contributed by atoms with E-state index in [1.54, 1.807) is 11.3 Å². The van der Waals surface area contributed by atoms with Gasteiger partial charge in [-0.3, -0.25) is 4.79 Å². The van der Waals surface area contributed by atoms with Crippen LogP contribution in [0.15, 0.2) is 0 Å². The number of aryl methyl sites for hydroxylation is 1. The number of nitrogens with zero attached hydrogens (tertiary/aromatic N) is 1. The molecule has 1 atom stereocenters. The average molecular weight is 257 g/mol. The Bertz CT molecular complexity index is 376. The molecule has 1 rings (SSSR count). The van der Waals surface area contributed by atoms with Gasteiger partial charge in [0.25, 0.3) is 0 Å². The highest BCUT2D eigenvalue weighted by Gasteiger charge is 2.14. The number of rotatable bonds is 6. The normalized spacial score (nSPS) is 12.2. The predicted molar refractivity (Wildman–Crippen MR) is 67.5 cm³/mol. The Labute approximate surface area is 106 Å². The van der Waals surface area contributed by atoms with Gasteiger partial charge in [0.2, 0.25) is 0 Å². The maximum atomic E-state index is 11.1. The van der Waals surface area contributed by atoms with Crippen molar-refractivity contribution >= 4 is 17.3 Å². The summed E-state index contributed by atoms with van der Waals surface area (Å²) in [6, 6.07) is 0. The lowest BCUT2D eigenvalue weighted by atomic mass is 10.1. The Morgan fingerprint density at radius 3 is 2.82 bits per heavy atom. The van der Waals surface area contributed by atoms with Crippen molar-refractivity contribution in [2.75, 3.05) is 13.7 Å². The Morgan fingerprint density at radius 1 is 1.53 bits per heavy atom. The molecule has 96 valence electrons. The number of thiazole rings is 1. The van der Waals surface area contributed by atoms with Crippen LogP contribution in [0.25, 0.3) is 0 Å². The Hall–Kier alpha value is -1.10. The molecule has 0 spiro atoms. The van der Waals surface area contributed by atoms with Crippen molar-refractivity contribution in [3.05, 3.63) is 10.7 Å². The van der Waals surface area contributed by atoms with Crippen LogP contribution in [-0.2, 0) is 16.0 Å². The van der Waals surface area contributed by atoms with E-state index in [0.717, 1.165) is 22.2 Å². The Balaban J connectivity index is 2.56. The minimum absolute atomic E-state index is 0.171. The zero-order chi connectivity index (χ0) is 12.8. The summed E-state index contributed by atoms with van der Waals surface area (Å²) in [6.45, 7) is 6.57.